The molecule has 102 valence electrons. The zero-order chi connectivity index (χ0) is 13.4. The maximum absolute atomic E-state index is 10.9. The molecule has 0 aliphatic carbocycles. The van der Waals surface area contributed by atoms with Gasteiger partial charge in [-0.3, -0.25) is 4.79 Å². The molecule has 2 aliphatic heterocycles. The van der Waals surface area contributed by atoms with Crippen molar-refractivity contribution < 1.29 is 19.1 Å². The monoisotopic (exact) mass is 255 g/mol. The molecule has 1 N–H and O–H groups in total. The van der Waals surface area contributed by atoms with Gasteiger partial charge in [-0.25, -0.2) is 4.79 Å². The Morgan fingerprint density at radius 3 is 2.72 bits per heavy atom. The fourth-order valence-corrected chi connectivity index (χ4v) is 1.87. The molecule has 5 nitrogen and oxygen atoms in total. The second kappa shape index (κ2) is 7.87. The maximum atomic E-state index is 10.9. The molecule has 0 saturated carbocycles. The van der Waals surface area contributed by atoms with Gasteiger partial charge >= 0.3 is 5.97 Å². The van der Waals surface area contributed by atoms with E-state index in [1.807, 2.05) is 0 Å². The standard InChI is InChI=1S/C9H14O3.C4H7NO/c1-7(9(10)11-2)6-8-4-3-5-12-8;6-4-2-1-3-5-4/h8H,1,3-6H2,2H3;1-3H2,(H,5,6). The predicted molar refractivity (Wildman–Crippen MR) is 67.0 cm³/mol. The van der Waals surface area contributed by atoms with Gasteiger partial charge < -0.3 is 14.8 Å². The average molecular weight is 255 g/mol. The van der Waals surface area contributed by atoms with Crippen LogP contribution in [-0.2, 0) is 19.1 Å². The molecule has 0 aromatic heterocycles. The number of nitrogens with one attached hydrogen (secondary N) is 1. The number of hydrogen-bond donors (Lipinski definition) is 1. The fraction of sp³-hybridized carbons (Fsp3) is 0.692. The summed E-state index contributed by atoms with van der Waals surface area (Å²) in [4.78, 5) is 21.1. The molecule has 2 rings (SSSR count). The number of methoxy groups -OCH3 is 1. The Bertz CT molecular complexity index is 300. The van der Waals surface area contributed by atoms with Crippen molar-refractivity contribution in [2.45, 2.75) is 38.2 Å². The molecule has 0 radical (unpaired) electrons. The van der Waals surface area contributed by atoms with Crippen LogP contribution in [0.5, 0.6) is 0 Å². The summed E-state index contributed by atoms with van der Waals surface area (Å²) in [5.41, 5.74) is 0.504. The van der Waals surface area contributed by atoms with E-state index in [1.165, 1.54) is 7.11 Å². The van der Waals surface area contributed by atoms with Crippen LogP contribution in [0.1, 0.15) is 32.1 Å². The molecule has 1 unspecified atom stereocenters. The van der Waals surface area contributed by atoms with Gasteiger partial charge in [-0.15, -0.1) is 0 Å². The first-order valence-corrected chi connectivity index (χ1v) is 6.28. The summed E-state index contributed by atoms with van der Waals surface area (Å²) in [5.74, 6) is -0.125. The van der Waals surface area contributed by atoms with Gasteiger partial charge in [-0.1, -0.05) is 6.58 Å². The van der Waals surface area contributed by atoms with Crippen LogP contribution in [0.3, 0.4) is 0 Å². The van der Waals surface area contributed by atoms with Gasteiger partial charge in [0.15, 0.2) is 0 Å². The van der Waals surface area contributed by atoms with E-state index < -0.39 is 0 Å². The molecule has 0 spiro atoms. The van der Waals surface area contributed by atoms with Gasteiger partial charge in [0.05, 0.1) is 13.2 Å². The number of esters is 1. The van der Waals surface area contributed by atoms with E-state index in [9.17, 15) is 9.59 Å². The van der Waals surface area contributed by atoms with Gasteiger partial charge in [0, 0.05) is 31.6 Å². The molecule has 18 heavy (non-hydrogen) atoms. The van der Waals surface area contributed by atoms with Crippen molar-refractivity contribution in [2.24, 2.45) is 0 Å². The molecule has 0 bridgehead atoms. The third kappa shape index (κ3) is 5.31. The predicted octanol–water partition coefficient (Wildman–Crippen LogP) is 1.18. The van der Waals surface area contributed by atoms with E-state index >= 15 is 0 Å². The van der Waals surface area contributed by atoms with Gasteiger partial charge in [0.25, 0.3) is 0 Å². The average Bonchev–Trinajstić information content (AvgIpc) is 3.02. The lowest BCUT2D eigenvalue weighted by Gasteiger charge is -2.09. The van der Waals surface area contributed by atoms with Gasteiger partial charge in [0.1, 0.15) is 0 Å². The molecule has 2 aliphatic rings. The van der Waals surface area contributed by atoms with Gasteiger partial charge in [-0.05, 0) is 19.3 Å². The fourth-order valence-electron chi connectivity index (χ4n) is 1.87. The lowest BCUT2D eigenvalue weighted by atomic mass is 10.1. The molecular weight excluding hydrogens is 234 g/mol. The van der Waals surface area contributed by atoms with Crippen LogP contribution >= 0.6 is 0 Å². The van der Waals surface area contributed by atoms with E-state index in [-0.39, 0.29) is 18.0 Å². The minimum absolute atomic E-state index is 0.177. The molecule has 2 saturated heterocycles. The Morgan fingerprint density at radius 1 is 1.56 bits per heavy atom. The van der Waals surface area contributed by atoms with E-state index in [2.05, 4.69) is 16.6 Å². The Balaban J connectivity index is 0.000000225. The lowest BCUT2D eigenvalue weighted by molar-refractivity contribution is -0.136. The van der Waals surface area contributed by atoms with Gasteiger partial charge in [-0.2, -0.15) is 0 Å². The van der Waals surface area contributed by atoms with Crippen LogP contribution < -0.4 is 5.32 Å². The zero-order valence-electron chi connectivity index (χ0n) is 10.9. The smallest absolute Gasteiger partial charge is 0.333 e. The molecular formula is C13H21NO4. The van der Waals surface area contributed by atoms with Gasteiger partial charge in [0.2, 0.25) is 5.91 Å². The highest BCUT2D eigenvalue weighted by atomic mass is 16.5. The van der Waals surface area contributed by atoms with Crippen LogP contribution in [0.25, 0.3) is 0 Å². The zero-order valence-corrected chi connectivity index (χ0v) is 10.9. The minimum atomic E-state index is -0.328. The summed E-state index contributed by atoms with van der Waals surface area (Å²) >= 11 is 0. The third-order valence-corrected chi connectivity index (χ3v) is 2.87. The number of ether oxygens (including phenoxy) is 2. The lowest BCUT2D eigenvalue weighted by Crippen LogP contribution is -2.12. The molecule has 5 heteroatoms. The first kappa shape index (κ1) is 14.7. The number of amides is 1. The van der Waals surface area contributed by atoms with Crippen molar-refractivity contribution in [1.82, 2.24) is 5.32 Å². The normalized spacial score (nSPS) is 21.8. The quantitative estimate of drug-likeness (QED) is 0.607. The minimum Gasteiger partial charge on any atom is -0.466 e. The van der Waals surface area contributed by atoms with E-state index in [1.54, 1.807) is 0 Å². The Morgan fingerprint density at radius 2 is 2.33 bits per heavy atom. The molecule has 1 atom stereocenters. The molecule has 1 amide bonds. The molecule has 2 heterocycles. The van der Waals surface area contributed by atoms with E-state index in [0.717, 1.165) is 38.8 Å². The van der Waals surface area contributed by atoms with Crippen molar-refractivity contribution in [3.63, 3.8) is 0 Å². The number of carbonyl (C=O) groups is 2. The maximum Gasteiger partial charge on any atom is 0.333 e. The summed E-state index contributed by atoms with van der Waals surface area (Å²) in [5, 5.41) is 2.68. The summed E-state index contributed by atoms with van der Waals surface area (Å²) in [7, 11) is 1.36. The summed E-state index contributed by atoms with van der Waals surface area (Å²) < 4.78 is 9.88. The highest BCUT2D eigenvalue weighted by Crippen LogP contribution is 2.19. The van der Waals surface area contributed by atoms with E-state index in [4.69, 9.17) is 4.74 Å². The summed E-state index contributed by atoms with van der Waals surface area (Å²) in [6, 6.07) is 0. The first-order chi connectivity index (χ1) is 8.63. The summed E-state index contributed by atoms with van der Waals surface area (Å²) in [6.45, 7) is 5.33. The number of carbonyl (C=O) groups excluding carboxylic acids is 2. The SMILES string of the molecule is C=C(CC1CCCO1)C(=O)OC.O=C1CCCN1. The Labute approximate surface area is 108 Å². The molecule has 0 aromatic carbocycles. The molecule has 0 aromatic rings. The number of hydrogen-bond acceptors (Lipinski definition) is 4. The van der Waals surface area contributed by atoms with Crippen molar-refractivity contribution in [3.05, 3.63) is 12.2 Å². The van der Waals surface area contributed by atoms with E-state index in [0.29, 0.717) is 12.0 Å². The molecule has 2 fully saturated rings. The first-order valence-electron chi connectivity index (χ1n) is 6.28. The third-order valence-electron chi connectivity index (χ3n) is 2.87. The largest absolute Gasteiger partial charge is 0.466 e. The van der Waals surface area contributed by atoms with Crippen LogP contribution in [0, 0.1) is 0 Å². The second-order valence-electron chi connectivity index (χ2n) is 4.39. The number of rotatable bonds is 3. The Kier molecular flexibility index (Phi) is 6.43. The highest BCUT2D eigenvalue weighted by molar-refractivity contribution is 5.87. The second-order valence-corrected chi connectivity index (χ2v) is 4.39. The van der Waals surface area contributed by atoms with Crippen molar-refractivity contribution in [3.8, 4) is 0 Å². The van der Waals surface area contributed by atoms with Crippen LogP contribution in [0.15, 0.2) is 12.2 Å². The van der Waals surface area contributed by atoms with Crippen molar-refractivity contribution >= 4 is 11.9 Å². The Hall–Kier alpha value is -1.36. The van der Waals surface area contributed by atoms with Crippen LogP contribution in [0.2, 0.25) is 0 Å². The van der Waals surface area contributed by atoms with Crippen LogP contribution in [0.4, 0.5) is 0 Å². The van der Waals surface area contributed by atoms with Crippen molar-refractivity contribution in [1.29, 1.82) is 0 Å². The topological polar surface area (TPSA) is 64.6 Å². The highest BCUT2D eigenvalue weighted by Gasteiger charge is 2.19. The van der Waals surface area contributed by atoms with Crippen LogP contribution in [-0.4, -0.2) is 38.2 Å². The summed E-state index contributed by atoms with van der Waals surface area (Å²) in [6.07, 6.45) is 4.65. The van der Waals surface area contributed by atoms with Crippen molar-refractivity contribution in [2.75, 3.05) is 20.3 Å².